The molecule has 0 heterocycles. The maximum absolute atomic E-state index is 9.08. The molecule has 1 atom stereocenters. The van der Waals surface area contributed by atoms with Crippen molar-refractivity contribution in [1.82, 2.24) is 0 Å². The predicted octanol–water partition coefficient (Wildman–Crippen LogP) is -1.47. The minimum Gasteiger partial charge on any atom is -0.748 e. The van der Waals surface area contributed by atoms with Crippen LogP contribution in [0.25, 0.3) is 0 Å². The molecule has 0 aliphatic rings. The van der Waals surface area contributed by atoms with E-state index in [0.29, 0.717) is 10.7 Å². The monoisotopic (exact) mass is 317 g/mol. The fourth-order valence-corrected chi connectivity index (χ4v) is 1.94. The summed E-state index contributed by atoms with van der Waals surface area (Å²) in [7, 11) is 8.11. The molecule has 0 amide bonds. The summed E-state index contributed by atoms with van der Waals surface area (Å²) in [6.45, 7) is 1.91. The number of quaternary nitrogens is 1. The van der Waals surface area contributed by atoms with E-state index in [1.165, 1.54) is 0 Å². The van der Waals surface area contributed by atoms with Crippen LogP contribution in [0.15, 0.2) is 0 Å². The third kappa shape index (κ3) is 6.30. The highest BCUT2D eigenvalue weighted by Gasteiger charge is 2.55. The van der Waals surface area contributed by atoms with Gasteiger partial charge in [-0.1, -0.05) is 0 Å². The quantitative estimate of drug-likeness (QED) is 0.266. The van der Waals surface area contributed by atoms with Crippen molar-refractivity contribution in [2.45, 2.75) is 18.1 Å². The third-order valence-corrected chi connectivity index (χ3v) is 5.96. The summed E-state index contributed by atoms with van der Waals surface area (Å²) in [6.07, 6.45) is 0.604. The number of rotatable bonds is 5. The predicted molar refractivity (Wildman–Crippen MR) is 75.8 cm³/mol. The lowest BCUT2D eigenvalue weighted by Gasteiger charge is -2.50. The van der Waals surface area contributed by atoms with Crippen LogP contribution in [0.1, 0.15) is 6.92 Å². The topological polar surface area (TPSA) is 84.9 Å². The van der Waals surface area contributed by atoms with Gasteiger partial charge in [0.1, 0.15) is 10.2 Å². The minimum atomic E-state index is -3.92. The Hall–Kier alpha value is -0.0331. The molecule has 0 aliphatic carbocycles. The molecule has 0 rings (SSSR count). The molecule has 1 unspecified atom stereocenters. The van der Waals surface area contributed by atoms with Crippen LogP contribution >= 0.6 is 0 Å². The molecule has 0 spiro atoms. The summed E-state index contributed by atoms with van der Waals surface area (Å²) in [5.74, 6) is -0.716. The first-order valence-electron chi connectivity index (χ1n) is 5.56. The molecule has 0 saturated carbocycles. The number of hydrogen-bond donors (Lipinski definition) is 0. The van der Waals surface area contributed by atoms with Crippen molar-refractivity contribution in [2.24, 2.45) is 0 Å². The smallest absolute Gasteiger partial charge is 0.242 e. The van der Waals surface area contributed by atoms with E-state index in [1.807, 2.05) is 6.92 Å². The van der Waals surface area contributed by atoms with E-state index >= 15 is 0 Å². The second kappa shape index (κ2) is 7.11. The summed E-state index contributed by atoms with van der Waals surface area (Å²) < 4.78 is 44.4. The van der Waals surface area contributed by atoms with Gasteiger partial charge in [-0.3, -0.25) is 0 Å². The van der Waals surface area contributed by atoms with E-state index in [2.05, 4.69) is 21.1 Å². The van der Waals surface area contributed by atoms with Crippen LogP contribution in [0.5, 0.6) is 0 Å². The molecule has 0 fully saturated rings. The standard InChI is InChI=1S/C9H24NO3Si.CH4O3S/c1-8(11-5,12-6)9(14,13-7)10(2,3)4;1-5(2,3)4/h1-7,14H3;1H3,(H,2,3,4)/q+1;/p-1. The Morgan fingerprint density at radius 1 is 1.05 bits per heavy atom. The third-order valence-electron chi connectivity index (χ3n) is 3.30. The van der Waals surface area contributed by atoms with Gasteiger partial charge in [-0.2, -0.15) is 0 Å². The second-order valence-electron chi connectivity index (χ2n) is 5.26. The van der Waals surface area contributed by atoms with Gasteiger partial charge in [0.05, 0.1) is 31.3 Å². The average Bonchev–Trinajstić information content (AvgIpc) is 2.22. The first-order chi connectivity index (χ1) is 8.18. The van der Waals surface area contributed by atoms with Gasteiger partial charge < -0.3 is 23.2 Å². The SMILES string of the molecule is COC(C)(OC)C([SiH3])(OC)[N+](C)(C)C.CS(=O)(=O)[O-]. The zero-order valence-corrected chi connectivity index (χ0v) is 16.1. The van der Waals surface area contributed by atoms with E-state index in [4.69, 9.17) is 27.2 Å². The largest absolute Gasteiger partial charge is 0.748 e. The van der Waals surface area contributed by atoms with Gasteiger partial charge in [-0.25, -0.2) is 8.42 Å². The zero-order chi connectivity index (χ0) is 16.1. The van der Waals surface area contributed by atoms with Crippen molar-refractivity contribution in [3.05, 3.63) is 0 Å². The maximum Gasteiger partial charge on any atom is 0.242 e. The Kier molecular flexibility index (Phi) is 7.96. The van der Waals surface area contributed by atoms with Gasteiger partial charge in [0.15, 0.2) is 0 Å². The Morgan fingerprint density at radius 3 is 1.37 bits per heavy atom. The minimum absolute atomic E-state index is 0.434. The first-order valence-corrected chi connectivity index (χ1v) is 8.38. The summed E-state index contributed by atoms with van der Waals surface area (Å²) in [4.78, 5) is 0. The fourth-order valence-electron chi connectivity index (χ4n) is 1.53. The molecule has 9 heteroatoms. The Morgan fingerprint density at radius 2 is 1.32 bits per heavy atom. The molecule has 0 aromatic rings. The zero-order valence-electron chi connectivity index (χ0n) is 13.3. The molecule has 0 aliphatic heterocycles. The van der Waals surface area contributed by atoms with Crippen LogP contribution in [-0.2, 0) is 24.3 Å². The Balaban J connectivity index is 0. The molecule has 118 valence electrons. The molecular formula is C10H27NO6SSi. The number of methoxy groups -OCH3 is 3. The summed E-state index contributed by atoms with van der Waals surface area (Å²) in [6, 6.07) is 0. The highest BCUT2D eigenvalue weighted by molar-refractivity contribution is 7.84. The van der Waals surface area contributed by atoms with Crippen LogP contribution in [-0.4, -0.2) is 87.6 Å². The van der Waals surface area contributed by atoms with Crippen molar-refractivity contribution in [3.8, 4) is 0 Å². The van der Waals surface area contributed by atoms with Crippen molar-refractivity contribution in [3.63, 3.8) is 0 Å². The average molecular weight is 317 g/mol. The van der Waals surface area contributed by atoms with Gasteiger partial charge in [-0.05, 0) is 6.92 Å². The molecule has 0 N–H and O–H groups in total. The lowest BCUT2D eigenvalue weighted by molar-refractivity contribution is -0.946. The molecular weight excluding hydrogens is 290 g/mol. The molecule has 0 bridgehead atoms. The maximum atomic E-state index is 9.08. The molecule has 0 saturated heterocycles. The summed E-state index contributed by atoms with van der Waals surface area (Å²) in [5, 5.41) is -0.434. The fraction of sp³-hybridized carbons (Fsp3) is 1.00. The normalized spacial score (nSPS) is 16.5. The van der Waals surface area contributed by atoms with Gasteiger partial charge in [0, 0.05) is 27.6 Å². The highest BCUT2D eigenvalue weighted by atomic mass is 32.2. The highest BCUT2D eigenvalue weighted by Crippen LogP contribution is 2.32. The van der Waals surface area contributed by atoms with Crippen LogP contribution < -0.4 is 0 Å². The van der Waals surface area contributed by atoms with Crippen LogP contribution in [0.3, 0.4) is 0 Å². The number of hydrogen-bond acceptors (Lipinski definition) is 6. The first kappa shape index (κ1) is 21.3. The van der Waals surface area contributed by atoms with Crippen molar-refractivity contribution in [1.29, 1.82) is 0 Å². The van der Waals surface area contributed by atoms with Gasteiger partial charge >= 0.3 is 0 Å². The summed E-state index contributed by atoms with van der Waals surface area (Å²) >= 11 is 0. The number of likely N-dealkylation sites (N-methyl/N-ethyl adjacent to an activating group) is 1. The van der Waals surface area contributed by atoms with Crippen molar-refractivity contribution < 1.29 is 31.7 Å². The Labute approximate surface area is 119 Å². The Bertz CT molecular complexity index is 355. The van der Waals surface area contributed by atoms with Crippen molar-refractivity contribution in [2.75, 3.05) is 48.7 Å². The van der Waals surface area contributed by atoms with E-state index in [-0.39, 0.29) is 0 Å². The van der Waals surface area contributed by atoms with E-state index in [9.17, 15) is 0 Å². The van der Waals surface area contributed by atoms with Gasteiger partial charge in [0.2, 0.25) is 11.1 Å². The lowest BCUT2D eigenvalue weighted by Crippen LogP contribution is -2.71. The molecule has 7 nitrogen and oxygen atoms in total. The van der Waals surface area contributed by atoms with E-state index in [1.54, 1.807) is 21.3 Å². The van der Waals surface area contributed by atoms with E-state index in [0.717, 1.165) is 10.2 Å². The lowest BCUT2D eigenvalue weighted by atomic mass is 10.2. The summed E-state index contributed by atoms with van der Waals surface area (Å²) in [5.41, 5.74) is 0. The second-order valence-corrected chi connectivity index (χ2v) is 8.02. The van der Waals surface area contributed by atoms with Crippen molar-refractivity contribution >= 4 is 20.4 Å². The van der Waals surface area contributed by atoms with Gasteiger partial charge in [0.25, 0.3) is 0 Å². The number of nitrogens with zero attached hydrogens (tertiary/aromatic N) is 1. The van der Waals surface area contributed by atoms with Crippen LogP contribution in [0.4, 0.5) is 0 Å². The van der Waals surface area contributed by atoms with Gasteiger partial charge in [-0.15, -0.1) is 0 Å². The molecule has 19 heavy (non-hydrogen) atoms. The van der Waals surface area contributed by atoms with Crippen LogP contribution in [0, 0.1) is 0 Å². The number of ether oxygens (including phenoxy) is 3. The molecule has 0 radical (unpaired) electrons. The van der Waals surface area contributed by atoms with Crippen LogP contribution in [0.2, 0.25) is 0 Å². The molecule has 0 aromatic heterocycles. The van der Waals surface area contributed by atoms with E-state index < -0.39 is 21.3 Å². The molecule has 0 aromatic carbocycles.